The summed E-state index contributed by atoms with van der Waals surface area (Å²) in [4.78, 5) is 13.4. The molecule has 1 atom stereocenters. The maximum atomic E-state index is 11.4. The Hall–Kier alpha value is -2.52. The van der Waals surface area contributed by atoms with E-state index in [4.69, 9.17) is 9.47 Å². The standard InChI is InChI=1S/C21H27N5O4/c27-26(28)18-9-16(20-17(10-18)13-29-14-30-20)12-24-7-4-5-15(11-24)21-23-22-19-6-2-1-3-8-25(19)21/h9-10,15H,1-8,11-14H2. The van der Waals surface area contributed by atoms with Crippen molar-refractivity contribution in [3.63, 3.8) is 0 Å². The molecule has 5 rings (SSSR count). The molecule has 1 aromatic carbocycles. The topological polar surface area (TPSA) is 95.6 Å². The van der Waals surface area contributed by atoms with Gasteiger partial charge in [-0.2, -0.15) is 0 Å². The molecule has 1 saturated heterocycles. The fraction of sp³-hybridized carbons (Fsp3) is 0.619. The Morgan fingerprint density at radius 3 is 3.00 bits per heavy atom. The SMILES string of the molecule is O=[N+]([O-])c1cc2c(c(CN3CCCC(c4nnc5n4CCCCC5)C3)c1)OCOC2. The summed E-state index contributed by atoms with van der Waals surface area (Å²) in [5, 5.41) is 20.4. The Bertz CT molecular complexity index is 944. The fourth-order valence-corrected chi connectivity index (χ4v) is 4.96. The second-order valence-electron chi connectivity index (χ2n) is 8.47. The van der Waals surface area contributed by atoms with Gasteiger partial charge in [-0.25, -0.2) is 0 Å². The van der Waals surface area contributed by atoms with E-state index in [2.05, 4.69) is 19.7 Å². The normalized spacial score (nSPS) is 21.9. The molecule has 0 bridgehead atoms. The van der Waals surface area contributed by atoms with Crippen LogP contribution < -0.4 is 4.74 Å². The van der Waals surface area contributed by atoms with Gasteiger partial charge in [0.1, 0.15) is 17.4 Å². The second kappa shape index (κ2) is 8.31. The summed E-state index contributed by atoms with van der Waals surface area (Å²) < 4.78 is 13.4. The van der Waals surface area contributed by atoms with Gasteiger partial charge < -0.3 is 14.0 Å². The van der Waals surface area contributed by atoms with Crippen LogP contribution in [0.5, 0.6) is 5.75 Å². The van der Waals surface area contributed by atoms with Crippen LogP contribution in [0.2, 0.25) is 0 Å². The average Bonchev–Trinajstić information content (AvgIpc) is 3.02. The van der Waals surface area contributed by atoms with Crippen LogP contribution in [-0.4, -0.2) is 44.5 Å². The molecule has 3 aliphatic heterocycles. The van der Waals surface area contributed by atoms with Crippen molar-refractivity contribution in [3.05, 3.63) is 45.0 Å². The average molecular weight is 413 g/mol. The van der Waals surface area contributed by atoms with E-state index in [9.17, 15) is 10.1 Å². The van der Waals surface area contributed by atoms with E-state index in [1.165, 1.54) is 19.3 Å². The first kappa shape index (κ1) is 19.4. The van der Waals surface area contributed by atoms with E-state index in [1.54, 1.807) is 12.1 Å². The van der Waals surface area contributed by atoms with Gasteiger partial charge in [-0.1, -0.05) is 6.42 Å². The molecule has 1 unspecified atom stereocenters. The fourth-order valence-electron chi connectivity index (χ4n) is 4.96. The molecule has 0 saturated carbocycles. The number of hydrogen-bond donors (Lipinski definition) is 0. The maximum Gasteiger partial charge on any atom is 0.270 e. The molecular weight excluding hydrogens is 386 g/mol. The van der Waals surface area contributed by atoms with Crippen molar-refractivity contribution >= 4 is 5.69 Å². The number of rotatable bonds is 4. The van der Waals surface area contributed by atoms with Gasteiger partial charge in [0.05, 0.1) is 11.5 Å². The third-order valence-corrected chi connectivity index (χ3v) is 6.39. The van der Waals surface area contributed by atoms with Gasteiger partial charge >= 0.3 is 0 Å². The number of nitro benzene ring substituents is 1. The Morgan fingerprint density at radius 2 is 2.10 bits per heavy atom. The number of ether oxygens (including phenoxy) is 2. The van der Waals surface area contributed by atoms with Crippen molar-refractivity contribution < 1.29 is 14.4 Å². The van der Waals surface area contributed by atoms with Gasteiger partial charge in [0.15, 0.2) is 6.79 Å². The van der Waals surface area contributed by atoms with Crippen LogP contribution in [0.4, 0.5) is 5.69 Å². The Morgan fingerprint density at radius 1 is 1.17 bits per heavy atom. The van der Waals surface area contributed by atoms with Crippen LogP contribution >= 0.6 is 0 Å². The minimum Gasteiger partial charge on any atom is -0.467 e. The number of likely N-dealkylation sites (tertiary alicyclic amines) is 1. The van der Waals surface area contributed by atoms with Crippen LogP contribution in [0.25, 0.3) is 0 Å². The number of nitrogens with zero attached hydrogens (tertiary/aromatic N) is 5. The van der Waals surface area contributed by atoms with Crippen molar-refractivity contribution in [1.82, 2.24) is 19.7 Å². The number of benzene rings is 1. The number of hydrogen-bond acceptors (Lipinski definition) is 7. The first-order chi connectivity index (χ1) is 14.7. The summed E-state index contributed by atoms with van der Waals surface area (Å²) in [5.41, 5.74) is 1.71. The van der Waals surface area contributed by atoms with Gasteiger partial charge in [-0.15, -0.1) is 10.2 Å². The number of aryl methyl sites for hydroxylation is 1. The van der Waals surface area contributed by atoms with Crippen molar-refractivity contribution in [2.24, 2.45) is 0 Å². The number of aromatic nitrogens is 3. The minimum absolute atomic E-state index is 0.0918. The molecule has 4 heterocycles. The molecule has 0 radical (unpaired) electrons. The molecule has 0 amide bonds. The van der Waals surface area contributed by atoms with Gasteiger partial charge in [-0.05, 0) is 32.2 Å². The highest BCUT2D eigenvalue weighted by molar-refractivity contribution is 5.50. The molecule has 1 fully saturated rings. The van der Waals surface area contributed by atoms with E-state index in [1.807, 2.05) is 0 Å². The van der Waals surface area contributed by atoms with Crippen LogP contribution in [0.15, 0.2) is 12.1 Å². The van der Waals surface area contributed by atoms with Crippen molar-refractivity contribution in [2.45, 2.75) is 64.1 Å². The first-order valence-electron chi connectivity index (χ1n) is 10.8. The third kappa shape index (κ3) is 3.79. The lowest BCUT2D eigenvalue weighted by molar-refractivity contribution is -0.385. The summed E-state index contributed by atoms with van der Waals surface area (Å²) >= 11 is 0. The molecule has 3 aliphatic rings. The zero-order chi connectivity index (χ0) is 20.5. The molecule has 9 nitrogen and oxygen atoms in total. The Labute approximate surface area is 175 Å². The zero-order valence-electron chi connectivity index (χ0n) is 17.1. The molecule has 0 aliphatic carbocycles. The zero-order valence-corrected chi connectivity index (χ0v) is 17.1. The lowest BCUT2D eigenvalue weighted by Gasteiger charge is -2.33. The van der Waals surface area contributed by atoms with Gasteiger partial charge in [-0.3, -0.25) is 15.0 Å². The number of nitro groups is 1. The van der Waals surface area contributed by atoms with Crippen molar-refractivity contribution in [1.29, 1.82) is 0 Å². The van der Waals surface area contributed by atoms with Crippen molar-refractivity contribution in [2.75, 3.05) is 19.9 Å². The lowest BCUT2D eigenvalue weighted by Crippen LogP contribution is -2.35. The van der Waals surface area contributed by atoms with E-state index in [0.717, 1.165) is 67.4 Å². The quantitative estimate of drug-likeness (QED) is 0.561. The predicted octanol–water partition coefficient (Wildman–Crippen LogP) is 3.16. The predicted molar refractivity (Wildman–Crippen MR) is 108 cm³/mol. The number of fused-ring (bicyclic) bond motifs is 2. The van der Waals surface area contributed by atoms with Crippen molar-refractivity contribution in [3.8, 4) is 5.75 Å². The Balaban J connectivity index is 1.37. The highest BCUT2D eigenvalue weighted by atomic mass is 16.7. The Kier molecular flexibility index (Phi) is 5.39. The highest BCUT2D eigenvalue weighted by Crippen LogP contribution is 2.35. The highest BCUT2D eigenvalue weighted by Gasteiger charge is 2.29. The largest absolute Gasteiger partial charge is 0.467 e. The molecular formula is C21H27N5O4. The lowest BCUT2D eigenvalue weighted by atomic mass is 9.96. The number of non-ortho nitro benzene ring substituents is 1. The number of piperidine rings is 1. The van der Waals surface area contributed by atoms with Crippen LogP contribution in [0, 0.1) is 10.1 Å². The molecule has 0 spiro atoms. The minimum atomic E-state index is -0.344. The third-order valence-electron chi connectivity index (χ3n) is 6.39. The van der Waals surface area contributed by atoms with Crippen LogP contribution in [0.3, 0.4) is 0 Å². The summed E-state index contributed by atoms with van der Waals surface area (Å²) in [6, 6.07) is 3.21. The van der Waals surface area contributed by atoms with E-state index < -0.39 is 0 Å². The first-order valence-corrected chi connectivity index (χ1v) is 10.8. The molecule has 1 aromatic heterocycles. The smallest absolute Gasteiger partial charge is 0.270 e. The van der Waals surface area contributed by atoms with Crippen LogP contribution in [-0.2, 0) is 30.9 Å². The molecule has 2 aromatic rings. The van der Waals surface area contributed by atoms with E-state index in [0.29, 0.717) is 19.1 Å². The monoisotopic (exact) mass is 413 g/mol. The summed E-state index contributed by atoms with van der Waals surface area (Å²) in [7, 11) is 0. The van der Waals surface area contributed by atoms with E-state index in [-0.39, 0.29) is 17.4 Å². The summed E-state index contributed by atoms with van der Waals surface area (Å²) in [5.74, 6) is 3.32. The molecule has 160 valence electrons. The van der Waals surface area contributed by atoms with E-state index >= 15 is 0 Å². The van der Waals surface area contributed by atoms with Gasteiger partial charge in [0.25, 0.3) is 5.69 Å². The summed E-state index contributed by atoms with van der Waals surface area (Å²) in [6.07, 6.45) is 6.83. The van der Waals surface area contributed by atoms with Gasteiger partial charge in [0, 0.05) is 55.2 Å². The van der Waals surface area contributed by atoms with Crippen LogP contribution in [0.1, 0.15) is 60.8 Å². The second-order valence-corrected chi connectivity index (χ2v) is 8.47. The maximum absolute atomic E-state index is 11.4. The molecule has 9 heteroatoms. The molecule has 0 N–H and O–H groups in total. The summed E-state index contributed by atoms with van der Waals surface area (Å²) in [6.45, 7) is 4.02. The van der Waals surface area contributed by atoms with Gasteiger partial charge in [0.2, 0.25) is 0 Å². The molecule has 30 heavy (non-hydrogen) atoms.